The Hall–Kier alpha value is -2.82. The van der Waals surface area contributed by atoms with Crippen molar-refractivity contribution < 1.29 is 14.3 Å². The number of hydrogen-bond donors (Lipinski definition) is 1. The highest BCUT2D eigenvalue weighted by Gasteiger charge is 2.30. The van der Waals surface area contributed by atoms with E-state index in [4.69, 9.17) is 4.74 Å². The van der Waals surface area contributed by atoms with E-state index in [-0.39, 0.29) is 24.0 Å². The lowest BCUT2D eigenvalue weighted by atomic mass is 10.1. The molecule has 0 heterocycles. The third kappa shape index (κ3) is 6.90. The van der Waals surface area contributed by atoms with E-state index in [1.54, 1.807) is 4.90 Å². The fourth-order valence-corrected chi connectivity index (χ4v) is 3.32. The predicted molar refractivity (Wildman–Crippen MR) is 120 cm³/mol. The van der Waals surface area contributed by atoms with Gasteiger partial charge in [0.05, 0.1) is 0 Å². The zero-order chi connectivity index (χ0) is 22.3. The highest BCUT2D eigenvalue weighted by atomic mass is 16.5. The molecule has 0 aromatic heterocycles. The van der Waals surface area contributed by atoms with Crippen LogP contribution in [-0.2, 0) is 16.1 Å². The zero-order valence-corrected chi connectivity index (χ0v) is 19.0. The Labute approximate surface area is 180 Å². The summed E-state index contributed by atoms with van der Waals surface area (Å²) < 4.78 is 5.79. The maximum Gasteiger partial charge on any atom is 0.261 e. The topological polar surface area (TPSA) is 58.6 Å². The van der Waals surface area contributed by atoms with Gasteiger partial charge in [-0.15, -0.1) is 0 Å². The summed E-state index contributed by atoms with van der Waals surface area (Å²) in [5, 5.41) is 3.01. The number of ether oxygens (including phenoxy) is 1. The van der Waals surface area contributed by atoms with Gasteiger partial charge in [-0.05, 0) is 58.2 Å². The molecule has 0 spiro atoms. The van der Waals surface area contributed by atoms with E-state index in [0.29, 0.717) is 18.7 Å². The third-order valence-electron chi connectivity index (χ3n) is 4.76. The van der Waals surface area contributed by atoms with Gasteiger partial charge in [-0.25, -0.2) is 0 Å². The molecule has 1 atom stereocenters. The Balaban J connectivity index is 2.25. The van der Waals surface area contributed by atoms with Gasteiger partial charge in [-0.1, -0.05) is 55.0 Å². The molecule has 0 saturated heterocycles. The molecule has 2 aromatic carbocycles. The van der Waals surface area contributed by atoms with Crippen LogP contribution in [0.2, 0.25) is 0 Å². The molecular formula is C25H34N2O3. The molecule has 0 aliphatic heterocycles. The molecular weight excluding hydrogens is 376 g/mol. The Morgan fingerprint density at radius 1 is 1.07 bits per heavy atom. The van der Waals surface area contributed by atoms with E-state index in [1.807, 2.05) is 90.1 Å². The number of nitrogens with one attached hydrogen (secondary N) is 1. The van der Waals surface area contributed by atoms with Crippen LogP contribution in [0.4, 0.5) is 0 Å². The first-order chi connectivity index (χ1) is 14.1. The summed E-state index contributed by atoms with van der Waals surface area (Å²) in [5.74, 6) is 0.311. The molecule has 0 radical (unpaired) electrons. The van der Waals surface area contributed by atoms with Crippen LogP contribution >= 0.6 is 0 Å². The predicted octanol–water partition coefficient (Wildman–Crippen LogP) is 4.40. The molecule has 0 fully saturated rings. The molecule has 0 saturated carbocycles. The monoisotopic (exact) mass is 410 g/mol. The fourth-order valence-electron chi connectivity index (χ4n) is 3.32. The van der Waals surface area contributed by atoms with Gasteiger partial charge in [-0.2, -0.15) is 0 Å². The molecule has 30 heavy (non-hydrogen) atoms. The van der Waals surface area contributed by atoms with E-state index in [9.17, 15) is 9.59 Å². The average Bonchev–Trinajstić information content (AvgIpc) is 2.65. The quantitative estimate of drug-likeness (QED) is 0.701. The highest BCUT2D eigenvalue weighted by Crippen LogP contribution is 2.18. The van der Waals surface area contributed by atoms with Crippen molar-refractivity contribution in [1.82, 2.24) is 10.2 Å². The maximum atomic E-state index is 13.2. The van der Waals surface area contributed by atoms with Gasteiger partial charge in [-0.3, -0.25) is 9.59 Å². The molecule has 0 bridgehead atoms. The number of hydrogen-bond acceptors (Lipinski definition) is 3. The lowest BCUT2D eigenvalue weighted by Crippen LogP contribution is -2.54. The van der Waals surface area contributed by atoms with Crippen LogP contribution in [0.3, 0.4) is 0 Å². The van der Waals surface area contributed by atoms with E-state index in [2.05, 4.69) is 5.32 Å². The number of aryl methyl sites for hydroxylation is 2. The average molecular weight is 411 g/mol. The number of nitrogens with zero attached hydrogens (tertiary/aromatic N) is 1. The molecule has 0 aliphatic carbocycles. The summed E-state index contributed by atoms with van der Waals surface area (Å²) >= 11 is 0. The number of rotatable bonds is 8. The lowest BCUT2D eigenvalue weighted by Gasteiger charge is -2.33. The second-order valence-electron chi connectivity index (χ2n) is 8.73. The summed E-state index contributed by atoms with van der Waals surface area (Å²) in [5.41, 5.74) is 2.69. The van der Waals surface area contributed by atoms with Crippen LogP contribution in [-0.4, -0.2) is 34.9 Å². The second kappa shape index (κ2) is 10.3. The van der Waals surface area contributed by atoms with Gasteiger partial charge in [0.2, 0.25) is 5.91 Å². The smallest absolute Gasteiger partial charge is 0.261 e. The van der Waals surface area contributed by atoms with Crippen molar-refractivity contribution in [3.63, 3.8) is 0 Å². The van der Waals surface area contributed by atoms with Gasteiger partial charge in [0, 0.05) is 12.1 Å². The molecule has 2 aromatic rings. The first-order valence-electron chi connectivity index (χ1n) is 10.5. The fraction of sp³-hybridized carbons (Fsp3) is 0.440. The van der Waals surface area contributed by atoms with Crippen molar-refractivity contribution in [3.8, 4) is 5.75 Å². The van der Waals surface area contributed by atoms with Crippen molar-refractivity contribution in [2.45, 2.75) is 66.1 Å². The maximum absolute atomic E-state index is 13.2. The van der Waals surface area contributed by atoms with Crippen molar-refractivity contribution in [3.05, 3.63) is 65.2 Å². The molecule has 1 N–H and O–H groups in total. The van der Waals surface area contributed by atoms with Gasteiger partial charge in [0.25, 0.3) is 5.91 Å². The van der Waals surface area contributed by atoms with Crippen LogP contribution in [0, 0.1) is 13.8 Å². The first kappa shape index (κ1) is 23.5. The molecule has 5 nitrogen and oxygen atoms in total. The Bertz CT molecular complexity index is 871. The number of amides is 2. The number of carbonyl (C=O) groups excluding carboxylic acids is 2. The highest BCUT2D eigenvalue weighted by molar-refractivity contribution is 5.88. The van der Waals surface area contributed by atoms with Crippen LogP contribution < -0.4 is 10.1 Å². The van der Waals surface area contributed by atoms with Crippen molar-refractivity contribution in [1.29, 1.82) is 0 Å². The number of carbonyl (C=O) groups is 2. The normalized spacial score (nSPS) is 12.2. The summed E-state index contributed by atoms with van der Waals surface area (Å²) in [6, 6.07) is 15.0. The minimum Gasteiger partial charge on any atom is -0.484 e. The molecule has 2 rings (SSSR count). The van der Waals surface area contributed by atoms with E-state index < -0.39 is 6.04 Å². The Morgan fingerprint density at radius 2 is 1.77 bits per heavy atom. The zero-order valence-electron chi connectivity index (χ0n) is 19.0. The minimum atomic E-state index is -0.572. The largest absolute Gasteiger partial charge is 0.484 e. The summed E-state index contributed by atoms with van der Waals surface area (Å²) in [6.45, 7) is 11.9. The molecule has 0 aliphatic rings. The summed E-state index contributed by atoms with van der Waals surface area (Å²) in [4.78, 5) is 27.8. The van der Waals surface area contributed by atoms with Crippen molar-refractivity contribution >= 4 is 11.8 Å². The summed E-state index contributed by atoms with van der Waals surface area (Å²) in [6.07, 6.45) is 0.518. The summed E-state index contributed by atoms with van der Waals surface area (Å²) in [7, 11) is 0. The lowest BCUT2D eigenvalue weighted by molar-refractivity contribution is -0.143. The van der Waals surface area contributed by atoms with Crippen molar-refractivity contribution in [2.75, 3.05) is 6.61 Å². The van der Waals surface area contributed by atoms with Crippen LogP contribution in [0.1, 0.15) is 50.8 Å². The van der Waals surface area contributed by atoms with E-state index >= 15 is 0 Å². The Kier molecular flexibility index (Phi) is 8.04. The number of benzene rings is 2. The van der Waals surface area contributed by atoms with Crippen LogP contribution in [0.25, 0.3) is 0 Å². The molecule has 5 heteroatoms. The standard InChI is InChI=1S/C25H34N2O3/c1-7-21(24(29)26-25(4,5)6)27(16-20-13-10-11-18(2)15-20)23(28)17-30-22-14-9-8-12-19(22)3/h8-15,21H,7,16-17H2,1-6H3,(H,26,29)/t21-/m0/s1. The van der Waals surface area contributed by atoms with E-state index in [0.717, 1.165) is 16.7 Å². The van der Waals surface area contributed by atoms with Gasteiger partial charge in [0.1, 0.15) is 11.8 Å². The minimum absolute atomic E-state index is 0.115. The van der Waals surface area contributed by atoms with E-state index in [1.165, 1.54) is 0 Å². The van der Waals surface area contributed by atoms with Gasteiger partial charge < -0.3 is 15.0 Å². The third-order valence-corrected chi connectivity index (χ3v) is 4.76. The first-order valence-corrected chi connectivity index (χ1v) is 10.5. The molecule has 0 unspecified atom stereocenters. The molecule has 162 valence electrons. The SMILES string of the molecule is CC[C@@H](C(=O)NC(C)(C)C)N(Cc1cccc(C)c1)C(=O)COc1ccccc1C. The number of para-hydroxylation sites is 1. The van der Waals surface area contributed by atoms with Crippen LogP contribution in [0.15, 0.2) is 48.5 Å². The van der Waals surface area contributed by atoms with Gasteiger partial charge in [0.15, 0.2) is 6.61 Å². The Morgan fingerprint density at radius 3 is 2.37 bits per heavy atom. The van der Waals surface area contributed by atoms with Gasteiger partial charge >= 0.3 is 0 Å². The molecule has 2 amide bonds. The van der Waals surface area contributed by atoms with Crippen molar-refractivity contribution in [2.24, 2.45) is 0 Å². The van der Waals surface area contributed by atoms with Crippen LogP contribution in [0.5, 0.6) is 5.75 Å². The second-order valence-corrected chi connectivity index (χ2v) is 8.73.